The first-order chi connectivity index (χ1) is 8.69. The summed E-state index contributed by atoms with van der Waals surface area (Å²) >= 11 is 3.82. The molecule has 0 amide bonds. The van der Waals surface area contributed by atoms with Gasteiger partial charge in [0.1, 0.15) is 0 Å². The van der Waals surface area contributed by atoms with Crippen molar-refractivity contribution in [2.45, 2.75) is 57.7 Å². The van der Waals surface area contributed by atoms with Crippen molar-refractivity contribution in [1.29, 1.82) is 0 Å². The van der Waals surface area contributed by atoms with Gasteiger partial charge in [-0.2, -0.15) is 0 Å². The molecule has 1 saturated carbocycles. The molecule has 0 radical (unpaired) electrons. The van der Waals surface area contributed by atoms with E-state index in [1.165, 1.54) is 25.7 Å². The summed E-state index contributed by atoms with van der Waals surface area (Å²) in [5, 5.41) is 0. The highest BCUT2D eigenvalue weighted by molar-refractivity contribution is 9.09. The van der Waals surface area contributed by atoms with Gasteiger partial charge in [-0.3, -0.25) is 0 Å². The van der Waals surface area contributed by atoms with Crippen LogP contribution in [0, 0.1) is 23.2 Å². The molecule has 112 valence electrons. The fraction of sp³-hybridized carbons (Fsp3) is 1.00. The van der Waals surface area contributed by atoms with E-state index >= 15 is 0 Å². The zero-order valence-electron chi connectivity index (χ0n) is 12.4. The fourth-order valence-corrected chi connectivity index (χ4v) is 6.85. The molecule has 0 aromatic carbocycles. The third kappa shape index (κ3) is 3.96. The van der Waals surface area contributed by atoms with Crippen LogP contribution in [-0.2, 0) is 9.84 Å². The van der Waals surface area contributed by atoms with E-state index in [0.29, 0.717) is 33.6 Å². The van der Waals surface area contributed by atoms with Crippen LogP contribution in [0.1, 0.15) is 52.9 Å². The topological polar surface area (TPSA) is 34.1 Å². The fourth-order valence-electron chi connectivity index (χ4n) is 3.76. The Hall–Kier alpha value is 0.430. The predicted octanol–water partition coefficient (Wildman–Crippen LogP) is 4.04. The van der Waals surface area contributed by atoms with Gasteiger partial charge in [0.15, 0.2) is 9.84 Å². The van der Waals surface area contributed by atoms with Gasteiger partial charge in [-0.1, -0.05) is 36.7 Å². The second-order valence-corrected chi connectivity index (χ2v) is 10.9. The Labute approximate surface area is 126 Å². The number of rotatable bonds is 2. The van der Waals surface area contributed by atoms with Crippen molar-refractivity contribution in [2.75, 3.05) is 11.5 Å². The molecule has 1 saturated heterocycles. The van der Waals surface area contributed by atoms with Crippen LogP contribution >= 0.6 is 15.9 Å². The Balaban J connectivity index is 1.88. The summed E-state index contributed by atoms with van der Waals surface area (Å²) in [4.78, 5) is 0.408. The normalized spacial score (nSPS) is 37.2. The standard InChI is InChI=1S/C15H27BrO2S/c1-15(2,3)13-6-4-11(5-7-13)14(16)12-8-9-19(17,18)10-12/h11-14H,4-10H2,1-3H3. The molecular weight excluding hydrogens is 324 g/mol. The second kappa shape index (κ2) is 5.67. The Morgan fingerprint density at radius 2 is 1.58 bits per heavy atom. The molecule has 2 nitrogen and oxygen atoms in total. The molecule has 0 N–H and O–H groups in total. The third-order valence-corrected chi connectivity index (χ3v) is 8.45. The average Bonchev–Trinajstić information content (AvgIpc) is 2.68. The molecule has 0 aromatic heterocycles. The maximum absolute atomic E-state index is 11.6. The smallest absolute Gasteiger partial charge is 0.150 e. The van der Waals surface area contributed by atoms with Crippen molar-refractivity contribution in [3.8, 4) is 0 Å². The first-order valence-electron chi connectivity index (χ1n) is 7.53. The van der Waals surface area contributed by atoms with Gasteiger partial charge in [-0.25, -0.2) is 8.42 Å². The lowest BCUT2D eigenvalue weighted by Gasteiger charge is -2.39. The molecule has 1 aliphatic carbocycles. The molecule has 1 heterocycles. The Kier molecular flexibility index (Phi) is 4.72. The quantitative estimate of drug-likeness (QED) is 0.704. The average molecular weight is 351 g/mol. The molecule has 2 fully saturated rings. The van der Waals surface area contributed by atoms with Gasteiger partial charge in [0.25, 0.3) is 0 Å². The van der Waals surface area contributed by atoms with E-state index in [1.807, 2.05) is 0 Å². The summed E-state index contributed by atoms with van der Waals surface area (Å²) in [6.07, 6.45) is 5.98. The van der Waals surface area contributed by atoms with E-state index in [9.17, 15) is 8.42 Å². The lowest BCUT2D eigenvalue weighted by molar-refractivity contribution is 0.144. The molecule has 2 unspecified atom stereocenters. The van der Waals surface area contributed by atoms with Gasteiger partial charge >= 0.3 is 0 Å². The molecule has 2 aliphatic rings. The van der Waals surface area contributed by atoms with Crippen LogP contribution in [0.5, 0.6) is 0 Å². The molecule has 1 aliphatic heterocycles. The maximum Gasteiger partial charge on any atom is 0.150 e. The number of hydrogen-bond acceptors (Lipinski definition) is 2. The monoisotopic (exact) mass is 350 g/mol. The third-order valence-electron chi connectivity index (χ3n) is 5.16. The maximum atomic E-state index is 11.6. The summed E-state index contributed by atoms with van der Waals surface area (Å²) in [5.41, 5.74) is 0.420. The van der Waals surface area contributed by atoms with E-state index in [1.54, 1.807) is 0 Å². The molecule has 19 heavy (non-hydrogen) atoms. The molecule has 0 aromatic rings. The van der Waals surface area contributed by atoms with Crippen LogP contribution in [-0.4, -0.2) is 24.8 Å². The highest BCUT2D eigenvalue weighted by Crippen LogP contribution is 2.44. The van der Waals surface area contributed by atoms with Crippen LogP contribution < -0.4 is 0 Å². The zero-order valence-corrected chi connectivity index (χ0v) is 14.8. The minimum Gasteiger partial charge on any atom is -0.229 e. The number of halogens is 1. The van der Waals surface area contributed by atoms with E-state index in [2.05, 4.69) is 36.7 Å². The largest absolute Gasteiger partial charge is 0.229 e. The van der Waals surface area contributed by atoms with Crippen LogP contribution in [0.4, 0.5) is 0 Å². The van der Waals surface area contributed by atoms with Crippen LogP contribution in [0.15, 0.2) is 0 Å². The van der Waals surface area contributed by atoms with E-state index < -0.39 is 9.84 Å². The van der Waals surface area contributed by atoms with Crippen molar-refractivity contribution < 1.29 is 8.42 Å². The van der Waals surface area contributed by atoms with Crippen LogP contribution in [0.2, 0.25) is 0 Å². The minimum absolute atomic E-state index is 0.348. The molecular formula is C15H27BrO2S. The number of hydrogen-bond donors (Lipinski definition) is 0. The van der Waals surface area contributed by atoms with Gasteiger partial charge in [0.2, 0.25) is 0 Å². The van der Waals surface area contributed by atoms with Crippen LogP contribution in [0.25, 0.3) is 0 Å². The Bertz CT molecular complexity index is 402. The van der Waals surface area contributed by atoms with Gasteiger partial charge in [-0.05, 0) is 55.3 Å². The molecule has 4 heteroatoms. The molecule has 2 rings (SSSR count). The summed E-state index contributed by atoms with van der Waals surface area (Å²) in [6.45, 7) is 7.02. The van der Waals surface area contributed by atoms with Gasteiger partial charge in [0, 0.05) is 4.83 Å². The highest BCUT2D eigenvalue weighted by Gasteiger charge is 2.38. The number of alkyl halides is 1. The Morgan fingerprint density at radius 3 is 2.00 bits per heavy atom. The SMILES string of the molecule is CC(C)(C)C1CCC(C(Br)C2CCS(=O)(=O)C2)CC1. The molecule has 2 atom stereocenters. The molecule has 0 bridgehead atoms. The van der Waals surface area contributed by atoms with Crippen molar-refractivity contribution in [3.05, 3.63) is 0 Å². The first-order valence-corrected chi connectivity index (χ1v) is 10.3. The summed E-state index contributed by atoms with van der Waals surface area (Å²) in [7, 11) is -2.74. The van der Waals surface area contributed by atoms with Gasteiger partial charge in [0.05, 0.1) is 11.5 Å². The van der Waals surface area contributed by atoms with E-state index in [4.69, 9.17) is 0 Å². The highest BCUT2D eigenvalue weighted by atomic mass is 79.9. The lowest BCUT2D eigenvalue weighted by Crippen LogP contribution is -2.32. The number of sulfone groups is 1. The lowest BCUT2D eigenvalue weighted by atomic mass is 9.68. The van der Waals surface area contributed by atoms with Crippen molar-refractivity contribution in [1.82, 2.24) is 0 Å². The van der Waals surface area contributed by atoms with Crippen LogP contribution in [0.3, 0.4) is 0 Å². The zero-order chi connectivity index (χ0) is 14.3. The van der Waals surface area contributed by atoms with Gasteiger partial charge < -0.3 is 0 Å². The van der Waals surface area contributed by atoms with Crippen molar-refractivity contribution in [3.63, 3.8) is 0 Å². The van der Waals surface area contributed by atoms with E-state index in [0.717, 1.165) is 12.3 Å². The van der Waals surface area contributed by atoms with Crippen molar-refractivity contribution >= 4 is 25.8 Å². The van der Waals surface area contributed by atoms with Gasteiger partial charge in [-0.15, -0.1) is 0 Å². The molecule has 0 spiro atoms. The van der Waals surface area contributed by atoms with Crippen molar-refractivity contribution in [2.24, 2.45) is 23.2 Å². The minimum atomic E-state index is -2.74. The predicted molar refractivity (Wildman–Crippen MR) is 84.4 cm³/mol. The summed E-state index contributed by atoms with van der Waals surface area (Å²) in [5.74, 6) is 2.66. The second-order valence-electron chi connectivity index (χ2n) is 7.59. The Morgan fingerprint density at radius 1 is 1.00 bits per heavy atom. The summed E-state index contributed by atoms with van der Waals surface area (Å²) in [6, 6.07) is 0. The summed E-state index contributed by atoms with van der Waals surface area (Å²) < 4.78 is 23.2. The first kappa shape index (κ1) is 15.8. The van der Waals surface area contributed by atoms with E-state index in [-0.39, 0.29) is 0 Å².